The lowest BCUT2D eigenvalue weighted by atomic mass is 10.0. The number of nitrogens with zero attached hydrogens (tertiary/aromatic N) is 2. The van der Waals surface area contributed by atoms with Crippen molar-refractivity contribution in [2.45, 2.75) is 58.2 Å². The summed E-state index contributed by atoms with van der Waals surface area (Å²) in [4.78, 5) is 28.4. The number of hydrogen-bond acceptors (Lipinski definition) is 2. The Morgan fingerprint density at radius 2 is 1.88 bits per heavy atom. The molecule has 0 aromatic heterocycles. The molecular weight excluding hydrogens is 216 g/mol. The summed E-state index contributed by atoms with van der Waals surface area (Å²) in [5, 5.41) is 0. The maximum atomic E-state index is 12.5. The van der Waals surface area contributed by atoms with Crippen molar-refractivity contribution in [3.8, 4) is 0 Å². The SMILES string of the molecule is CC1C(=O)N2CCCC2C(=O)N1C1CC1(C)C. The first kappa shape index (κ1) is 11.1. The minimum atomic E-state index is -0.261. The topological polar surface area (TPSA) is 40.6 Å². The van der Waals surface area contributed by atoms with Crippen LogP contribution in [-0.4, -0.2) is 46.3 Å². The van der Waals surface area contributed by atoms with Gasteiger partial charge in [0.15, 0.2) is 0 Å². The normalized spacial score (nSPS) is 39.6. The number of amides is 2. The molecule has 1 saturated carbocycles. The summed E-state index contributed by atoms with van der Waals surface area (Å²) in [5.74, 6) is 0.333. The molecule has 2 aliphatic heterocycles. The molecule has 2 amide bonds. The summed E-state index contributed by atoms with van der Waals surface area (Å²) >= 11 is 0. The fraction of sp³-hybridized carbons (Fsp3) is 0.846. The van der Waals surface area contributed by atoms with Gasteiger partial charge in [-0.3, -0.25) is 9.59 Å². The molecule has 0 aromatic carbocycles. The first-order valence-electron chi connectivity index (χ1n) is 6.56. The van der Waals surface area contributed by atoms with Crippen molar-refractivity contribution in [2.24, 2.45) is 5.41 Å². The van der Waals surface area contributed by atoms with E-state index in [4.69, 9.17) is 0 Å². The Labute approximate surface area is 102 Å². The van der Waals surface area contributed by atoms with Crippen molar-refractivity contribution in [2.75, 3.05) is 6.54 Å². The Hall–Kier alpha value is -1.06. The lowest BCUT2D eigenvalue weighted by Gasteiger charge is -2.41. The number of hydrogen-bond donors (Lipinski definition) is 0. The monoisotopic (exact) mass is 236 g/mol. The summed E-state index contributed by atoms with van der Waals surface area (Å²) in [6.07, 6.45) is 2.85. The number of carbonyl (C=O) groups is 2. The first-order chi connectivity index (χ1) is 7.93. The standard InChI is InChI=1S/C13H20N2O2/c1-8-11(16)14-6-4-5-9(14)12(17)15(8)10-7-13(10,2)3/h8-10H,4-7H2,1-3H3. The average Bonchev–Trinajstić information content (AvgIpc) is 2.72. The van der Waals surface area contributed by atoms with Crippen LogP contribution in [0.15, 0.2) is 0 Å². The van der Waals surface area contributed by atoms with E-state index in [9.17, 15) is 9.59 Å². The fourth-order valence-corrected chi connectivity index (χ4v) is 3.35. The summed E-state index contributed by atoms with van der Waals surface area (Å²) in [7, 11) is 0. The second kappa shape index (κ2) is 3.24. The van der Waals surface area contributed by atoms with Crippen LogP contribution in [0.2, 0.25) is 0 Å². The molecule has 3 atom stereocenters. The predicted molar refractivity (Wildman–Crippen MR) is 63.2 cm³/mol. The second-order valence-corrected chi connectivity index (χ2v) is 6.32. The number of rotatable bonds is 1. The van der Waals surface area contributed by atoms with E-state index in [2.05, 4.69) is 13.8 Å². The summed E-state index contributed by atoms with van der Waals surface area (Å²) in [6, 6.07) is -0.143. The lowest BCUT2D eigenvalue weighted by Crippen LogP contribution is -2.62. The van der Waals surface area contributed by atoms with Crippen molar-refractivity contribution >= 4 is 11.8 Å². The van der Waals surface area contributed by atoms with Gasteiger partial charge in [0.05, 0.1) is 0 Å². The van der Waals surface area contributed by atoms with Gasteiger partial charge < -0.3 is 9.80 Å². The van der Waals surface area contributed by atoms with Crippen molar-refractivity contribution in [1.29, 1.82) is 0 Å². The smallest absolute Gasteiger partial charge is 0.246 e. The van der Waals surface area contributed by atoms with Gasteiger partial charge in [-0.1, -0.05) is 13.8 Å². The Kier molecular flexibility index (Phi) is 2.11. The Balaban J connectivity index is 1.89. The highest BCUT2D eigenvalue weighted by molar-refractivity contribution is 5.97. The zero-order chi connectivity index (χ0) is 12.4. The van der Waals surface area contributed by atoms with Crippen LogP contribution in [-0.2, 0) is 9.59 Å². The van der Waals surface area contributed by atoms with E-state index in [0.29, 0.717) is 0 Å². The van der Waals surface area contributed by atoms with Gasteiger partial charge in [-0.25, -0.2) is 0 Å². The van der Waals surface area contributed by atoms with Crippen molar-refractivity contribution in [3.05, 3.63) is 0 Å². The van der Waals surface area contributed by atoms with Gasteiger partial charge in [0.2, 0.25) is 11.8 Å². The van der Waals surface area contributed by atoms with Crippen LogP contribution in [0.1, 0.15) is 40.0 Å². The molecule has 4 nitrogen and oxygen atoms in total. The molecule has 3 unspecified atom stereocenters. The predicted octanol–water partition coefficient (Wildman–Crippen LogP) is 1.01. The highest BCUT2D eigenvalue weighted by Gasteiger charge is 2.57. The molecule has 2 heterocycles. The molecule has 17 heavy (non-hydrogen) atoms. The van der Waals surface area contributed by atoms with Crippen LogP contribution in [0, 0.1) is 5.41 Å². The number of piperazine rings is 1. The van der Waals surface area contributed by atoms with Gasteiger partial charge in [-0.15, -0.1) is 0 Å². The van der Waals surface area contributed by atoms with Gasteiger partial charge in [0.25, 0.3) is 0 Å². The van der Waals surface area contributed by atoms with Crippen molar-refractivity contribution < 1.29 is 9.59 Å². The second-order valence-electron chi connectivity index (χ2n) is 6.32. The summed E-state index contributed by atoms with van der Waals surface area (Å²) < 4.78 is 0. The van der Waals surface area contributed by atoms with Gasteiger partial charge in [0.1, 0.15) is 12.1 Å². The Morgan fingerprint density at radius 1 is 1.24 bits per heavy atom. The molecule has 0 radical (unpaired) electrons. The highest BCUT2D eigenvalue weighted by Crippen LogP contribution is 2.50. The van der Waals surface area contributed by atoms with E-state index in [-0.39, 0.29) is 35.4 Å². The van der Waals surface area contributed by atoms with E-state index in [1.165, 1.54) is 0 Å². The van der Waals surface area contributed by atoms with Crippen LogP contribution in [0.3, 0.4) is 0 Å². The van der Waals surface area contributed by atoms with Gasteiger partial charge in [-0.2, -0.15) is 0 Å². The van der Waals surface area contributed by atoms with Crippen molar-refractivity contribution in [3.63, 3.8) is 0 Å². The van der Waals surface area contributed by atoms with Crippen LogP contribution >= 0.6 is 0 Å². The van der Waals surface area contributed by atoms with Crippen LogP contribution in [0.25, 0.3) is 0 Å². The first-order valence-corrected chi connectivity index (χ1v) is 6.56. The summed E-state index contributed by atoms with van der Waals surface area (Å²) in [6.45, 7) is 6.98. The molecule has 3 fully saturated rings. The van der Waals surface area contributed by atoms with E-state index in [1.807, 2.05) is 11.8 Å². The third-order valence-corrected chi connectivity index (χ3v) is 4.65. The molecule has 0 aromatic rings. The third-order valence-electron chi connectivity index (χ3n) is 4.65. The zero-order valence-electron chi connectivity index (χ0n) is 10.8. The van der Waals surface area contributed by atoms with Crippen LogP contribution < -0.4 is 0 Å². The molecule has 0 spiro atoms. The van der Waals surface area contributed by atoms with E-state index < -0.39 is 0 Å². The number of fused-ring (bicyclic) bond motifs is 1. The maximum Gasteiger partial charge on any atom is 0.246 e. The fourth-order valence-electron chi connectivity index (χ4n) is 3.35. The highest BCUT2D eigenvalue weighted by atomic mass is 16.2. The Morgan fingerprint density at radius 3 is 2.47 bits per heavy atom. The van der Waals surface area contributed by atoms with Crippen LogP contribution in [0.5, 0.6) is 0 Å². The summed E-state index contributed by atoms with van der Waals surface area (Å²) in [5.41, 5.74) is 0.199. The average molecular weight is 236 g/mol. The van der Waals surface area contributed by atoms with Gasteiger partial charge >= 0.3 is 0 Å². The molecule has 94 valence electrons. The number of carbonyl (C=O) groups excluding carboxylic acids is 2. The maximum absolute atomic E-state index is 12.5. The minimum Gasteiger partial charge on any atom is -0.329 e. The van der Waals surface area contributed by atoms with Crippen LogP contribution in [0.4, 0.5) is 0 Å². The molecular formula is C13H20N2O2. The molecule has 3 rings (SSSR count). The molecule has 1 aliphatic carbocycles. The van der Waals surface area contributed by atoms with Gasteiger partial charge in [0, 0.05) is 12.6 Å². The molecule has 0 N–H and O–H groups in total. The van der Waals surface area contributed by atoms with E-state index in [0.717, 1.165) is 25.8 Å². The van der Waals surface area contributed by atoms with E-state index in [1.54, 1.807) is 4.90 Å². The van der Waals surface area contributed by atoms with Crippen molar-refractivity contribution in [1.82, 2.24) is 9.80 Å². The molecule has 2 saturated heterocycles. The minimum absolute atomic E-state index is 0.148. The third kappa shape index (κ3) is 1.42. The molecule has 0 bridgehead atoms. The molecule has 3 aliphatic rings. The van der Waals surface area contributed by atoms with Gasteiger partial charge in [-0.05, 0) is 31.6 Å². The largest absolute Gasteiger partial charge is 0.329 e. The Bertz CT molecular complexity index is 391. The van der Waals surface area contributed by atoms with E-state index >= 15 is 0 Å². The quantitative estimate of drug-likeness (QED) is 0.681. The molecule has 4 heteroatoms. The zero-order valence-corrected chi connectivity index (χ0v) is 10.8. The lowest BCUT2D eigenvalue weighted by molar-refractivity contribution is -0.159.